The quantitative estimate of drug-likeness (QED) is 0.677. The summed E-state index contributed by atoms with van der Waals surface area (Å²) in [7, 11) is -4.68. The van der Waals surface area contributed by atoms with Gasteiger partial charge in [-0.1, -0.05) is 6.07 Å². The molecule has 0 atom stereocenters. The fraction of sp³-hybridized carbons (Fsp3) is 0.0625. The van der Waals surface area contributed by atoms with Gasteiger partial charge in [0.05, 0.1) is 11.4 Å². The Labute approximate surface area is 149 Å². The van der Waals surface area contributed by atoms with Gasteiger partial charge in [-0.15, -0.1) is 0 Å². The zero-order valence-electron chi connectivity index (χ0n) is 13.2. The van der Waals surface area contributed by atoms with Crippen molar-refractivity contribution in [2.75, 3.05) is 0 Å². The van der Waals surface area contributed by atoms with Gasteiger partial charge in [0.15, 0.2) is 4.90 Å². The Hall–Kier alpha value is -2.79. The van der Waals surface area contributed by atoms with E-state index in [4.69, 9.17) is 5.14 Å². The summed E-state index contributed by atoms with van der Waals surface area (Å²) in [5.74, 6) is -3.69. The number of benzene rings is 2. The van der Waals surface area contributed by atoms with Crippen molar-refractivity contribution in [3.05, 3.63) is 65.6 Å². The second-order valence-electron chi connectivity index (χ2n) is 5.46. The van der Waals surface area contributed by atoms with E-state index in [2.05, 4.69) is 5.10 Å². The van der Waals surface area contributed by atoms with E-state index in [1.54, 1.807) is 0 Å². The number of primary sulfonamides is 1. The van der Waals surface area contributed by atoms with Crippen molar-refractivity contribution in [1.82, 2.24) is 9.78 Å². The average molecular weight is 403 g/mol. The Bertz CT molecular complexity index is 1110. The molecule has 0 saturated heterocycles. The topological polar surface area (TPSA) is 78.0 Å². The van der Waals surface area contributed by atoms with E-state index in [-0.39, 0.29) is 16.9 Å². The minimum absolute atomic E-state index is 0.0215. The van der Waals surface area contributed by atoms with Crippen molar-refractivity contribution in [2.45, 2.75) is 11.3 Å². The van der Waals surface area contributed by atoms with Crippen LogP contribution in [0.3, 0.4) is 0 Å². The SMILES string of the molecule is NS(=O)(=O)c1c(F)cc(-c2cc(C(F)F)nn2-c2cccc(F)c2)cc1F. The first kappa shape index (κ1) is 19.0. The van der Waals surface area contributed by atoms with Crippen LogP contribution in [0, 0.1) is 17.5 Å². The van der Waals surface area contributed by atoms with Gasteiger partial charge in [0.2, 0.25) is 10.0 Å². The number of rotatable bonds is 4. The molecular formula is C16H10F5N3O2S. The average Bonchev–Trinajstić information content (AvgIpc) is 2.98. The molecular weight excluding hydrogens is 393 g/mol. The predicted molar refractivity (Wildman–Crippen MR) is 85.2 cm³/mol. The predicted octanol–water partition coefficient (Wildman–Crippen LogP) is 3.54. The lowest BCUT2D eigenvalue weighted by Crippen LogP contribution is -2.16. The largest absolute Gasteiger partial charge is 0.282 e. The zero-order valence-corrected chi connectivity index (χ0v) is 14.0. The van der Waals surface area contributed by atoms with E-state index in [9.17, 15) is 30.4 Å². The first-order chi connectivity index (χ1) is 12.6. The number of halogens is 5. The lowest BCUT2D eigenvalue weighted by atomic mass is 10.1. The minimum Gasteiger partial charge on any atom is -0.233 e. The number of nitrogens with two attached hydrogens (primary N) is 1. The molecule has 2 N–H and O–H groups in total. The summed E-state index contributed by atoms with van der Waals surface area (Å²) >= 11 is 0. The Kier molecular flexibility index (Phi) is 4.74. The molecule has 0 fully saturated rings. The summed E-state index contributed by atoms with van der Waals surface area (Å²) in [5.41, 5.74) is -1.19. The molecule has 0 amide bonds. The molecule has 0 saturated carbocycles. The van der Waals surface area contributed by atoms with Gasteiger partial charge >= 0.3 is 0 Å². The maximum Gasteiger partial charge on any atom is 0.282 e. The highest BCUT2D eigenvalue weighted by Gasteiger charge is 2.24. The highest BCUT2D eigenvalue weighted by Crippen LogP contribution is 2.31. The third kappa shape index (κ3) is 3.69. The van der Waals surface area contributed by atoms with Crippen LogP contribution in [0.5, 0.6) is 0 Å². The van der Waals surface area contributed by atoms with Crippen LogP contribution >= 0.6 is 0 Å². The molecule has 0 aliphatic rings. The smallest absolute Gasteiger partial charge is 0.233 e. The van der Waals surface area contributed by atoms with Crippen LogP contribution in [0.1, 0.15) is 12.1 Å². The Morgan fingerprint density at radius 3 is 2.15 bits per heavy atom. The summed E-state index contributed by atoms with van der Waals surface area (Å²) in [6, 6.07) is 6.83. The van der Waals surface area contributed by atoms with E-state index in [1.165, 1.54) is 12.1 Å². The minimum atomic E-state index is -4.68. The van der Waals surface area contributed by atoms with E-state index in [0.717, 1.165) is 22.9 Å². The molecule has 11 heteroatoms. The molecule has 0 spiro atoms. The summed E-state index contributed by atoms with van der Waals surface area (Å²) in [4.78, 5) is -1.35. The van der Waals surface area contributed by atoms with E-state index in [1.807, 2.05) is 0 Å². The van der Waals surface area contributed by atoms with Gasteiger partial charge in [-0.3, -0.25) is 0 Å². The molecule has 3 rings (SSSR count). The third-order valence-corrected chi connectivity index (χ3v) is 4.54. The van der Waals surface area contributed by atoms with Crippen LogP contribution in [-0.4, -0.2) is 18.2 Å². The molecule has 142 valence electrons. The van der Waals surface area contributed by atoms with Crippen molar-refractivity contribution in [2.24, 2.45) is 5.14 Å². The maximum atomic E-state index is 14.1. The van der Waals surface area contributed by atoms with E-state index >= 15 is 0 Å². The fourth-order valence-electron chi connectivity index (χ4n) is 2.50. The summed E-state index contributed by atoms with van der Waals surface area (Å²) in [5, 5.41) is 8.40. The van der Waals surface area contributed by atoms with Crippen molar-refractivity contribution in [3.63, 3.8) is 0 Å². The van der Waals surface area contributed by atoms with Gasteiger partial charge in [-0.05, 0) is 36.4 Å². The molecule has 0 aliphatic carbocycles. The highest BCUT2D eigenvalue weighted by molar-refractivity contribution is 7.89. The molecule has 1 aromatic heterocycles. The van der Waals surface area contributed by atoms with E-state index in [0.29, 0.717) is 12.1 Å². The van der Waals surface area contributed by atoms with Crippen molar-refractivity contribution < 1.29 is 30.4 Å². The standard InChI is InChI=1S/C16H10F5N3O2S/c17-9-2-1-3-10(6-9)24-14(7-13(23-24)16(20)21)8-4-11(18)15(12(19)5-8)27(22,25)26/h1-7,16H,(H2,22,25,26). The van der Waals surface area contributed by atoms with Crippen molar-refractivity contribution in [3.8, 4) is 16.9 Å². The highest BCUT2D eigenvalue weighted by atomic mass is 32.2. The van der Waals surface area contributed by atoms with Gasteiger partial charge in [0.1, 0.15) is 23.1 Å². The number of aromatic nitrogens is 2. The number of hydrogen-bond acceptors (Lipinski definition) is 3. The monoisotopic (exact) mass is 403 g/mol. The van der Waals surface area contributed by atoms with Crippen molar-refractivity contribution in [1.29, 1.82) is 0 Å². The van der Waals surface area contributed by atoms with E-state index < -0.39 is 44.5 Å². The van der Waals surface area contributed by atoms with Crippen LogP contribution in [0.2, 0.25) is 0 Å². The first-order valence-electron chi connectivity index (χ1n) is 7.24. The van der Waals surface area contributed by atoms with Gasteiger partial charge in [0, 0.05) is 5.56 Å². The molecule has 2 aromatic carbocycles. The molecule has 1 heterocycles. The van der Waals surface area contributed by atoms with Crippen LogP contribution in [-0.2, 0) is 10.0 Å². The van der Waals surface area contributed by atoms with Crippen LogP contribution < -0.4 is 5.14 Å². The molecule has 3 aromatic rings. The normalized spacial score (nSPS) is 12.0. The second kappa shape index (κ2) is 6.74. The Morgan fingerprint density at radius 1 is 1.00 bits per heavy atom. The van der Waals surface area contributed by atoms with Gasteiger partial charge in [-0.25, -0.2) is 40.2 Å². The fourth-order valence-corrected chi connectivity index (χ4v) is 3.16. The lowest BCUT2D eigenvalue weighted by Gasteiger charge is -2.10. The number of alkyl halides is 2. The Balaban J connectivity index is 2.26. The number of sulfonamides is 1. The maximum absolute atomic E-state index is 14.1. The van der Waals surface area contributed by atoms with Gasteiger partial charge in [0.25, 0.3) is 6.43 Å². The van der Waals surface area contributed by atoms with Crippen LogP contribution in [0.15, 0.2) is 47.4 Å². The van der Waals surface area contributed by atoms with Crippen molar-refractivity contribution >= 4 is 10.0 Å². The molecule has 0 aliphatic heterocycles. The zero-order chi connectivity index (χ0) is 19.9. The first-order valence-corrected chi connectivity index (χ1v) is 8.79. The second-order valence-corrected chi connectivity index (χ2v) is 6.96. The Morgan fingerprint density at radius 2 is 1.63 bits per heavy atom. The lowest BCUT2D eigenvalue weighted by molar-refractivity contribution is 0.145. The summed E-state index contributed by atoms with van der Waals surface area (Å²) in [6.07, 6.45) is -3.00. The summed E-state index contributed by atoms with van der Waals surface area (Å²) < 4.78 is 91.3. The molecule has 0 bridgehead atoms. The van der Waals surface area contributed by atoms with Crippen LogP contribution in [0.4, 0.5) is 22.0 Å². The number of hydrogen-bond donors (Lipinski definition) is 1. The summed E-state index contributed by atoms with van der Waals surface area (Å²) in [6.45, 7) is 0. The van der Waals surface area contributed by atoms with Gasteiger partial charge < -0.3 is 0 Å². The molecule has 5 nitrogen and oxygen atoms in total. The molecule has 27 heavy (non-hydrogen) atoms. The van der Waals surface area contributed by atoms with Crippen LogP contribution in [0.25, 0.3) is 16.9 Å². The molecule has 0 radical (unpaired) electrons. The molecule has 0 unspecified atom stereocenters. The number of nitrogens with zero attached hydrogens (tertiary/aromatic N) is 2. The third-order valence-electron chi connectivity index (χ3n) is 3.58. The van der Waals surface area contributed by atoms with Gasteiger partial charge in [-0.2, -0.15) is 5.10 Å².